The first-order valence-corrected chi connectivity index (χ1v) is 11.1. The van der Waals surface area contributed by atoms with Crippen molar-refractivity contribution < 1.29 is 0 Å². The molecule has 5 rings (SSSR count). The van der Waals surface area contributed by atoms with Crippen LogP contribution in [0.5, 0.6) is 0 Å². The summed E-state index contributed by atoms with van der Waals surface area (Å²) in [6, 6.07) is 30.9. The fraction of sp³-hybridized carbons (Fsp3) is 0.0769. The maximum Gasteiger partial charge on any atom is 0.0181 e. The van der Waals surface area contributed by atoms with Crippen molar-refractivity contribution in [1.29, 1.82) is 0 Å². The van der Waals surface area contributed by atoms with E-state index in [1.54, 1.807) is 0 Å². The summed E-state index contributed by atoms with van der Waals surface area (Å²) in [5, 5.41) is 0. The molecular formula is C26H18Br2. The Morgan fingerprint density at radius 1 is 0.429 bits per heavy atom. The normalized spacial score (nSPS) is 12.4. The predicted octanol–water partition coefficient (Wildman–Crippen LogP) is 8.31. The third kappa shape index (κ3) is 3.15. The van der Waals surface area contributed by atoms with Crippen molar-refractivity contribution >= 4 is 31.9 Å². The Kier molecular flexibility index (Phi) is 4.70. The van der Waals surface area contributed by atoms with E-state index in [4.69, 9.17) is 0 Å². The molecule has 0 aromatic heterocycles. The molecule has 0 unspecified atom stereocenters. The van der Waals surface area contributed by atoms with Gasteiger partial charge in [0.1, 0.15) is 0 Å². The number of rotatable bonds is 0. The SMILES string of the molecule is Brc1ccc2c(c1)-c1ccccc1CCc1ccccc1-c1cc(Br)ccc1-2. The molecule has 0 heterocycles. The lowest BCUT2D eigenvalue weighted by molar-refractivity contribution is 0.963. The molecule has 0 fully saturated rings. The van der Waals surface area contributed by atoms with Crippen molar-refractivity contribution in [3.63, 3.8) is 0 Å². The zero-order valence-corrected chi connectivity index (χ0v) is 18.4. The molecule has 0 bridgehead atoms. The van der Waals surface area contributed by atoms with E-state index < -0.39 is 0 Å². The van der Waals surface area contributed by atoms with Gasteiger partial charge in [0, 0.05) is 8.95 Å². The number of halogens is 2. The van der Waals surface area contributed by atoms with E-state index >= 15 is 0 Å². The van der Waals surface area contributed by atoms with E-state index in [1.165, 1.54) is 44.5 Å². The second kappa shape index (κ2) is 7.35. The van der Waals surface area contributed by atoms with E-state index in [0.29, 0.717) is 0 Å². The average molecular weight is 490 g/mol. The first kappa shape index (κ1) is 17.9. The Morgan fingerprint density at radius 3 is 1.32 bits per heavy atom. The summed E-state index contributed by atoms with van der Waals surface area (Å²) in [7, 11) is 0. The van der Waals surface area contributed by atoms with Gasteiger partial charge in [0.15, 0.2) is 0 Å². The minimum atomic E-state index is 1.03. The van der Waals surface area contributed by atoms with E-state index in [-0.39, 0.29) is 0 Å². The van der Waals surface area contributed by atoms with Gasteiger partial charge in [-0.25, -0.2) is 0 Å². The lowest BCUT2D eigenvalue weighted by atomic mass is 9.83. The van der Waals surface area contributed by atoms with Crippen molar-refractivity contribution in [3.05, 3.63) is 105 Å². The van der Waals surface area contributed by atoms with Crippen LogP contribution in [0.4, 0.5) is 0 Å². The van der Waals surface area contributed by atoms with E-state index in [9.17, 15) is 0 Å². The van der Waals surface area contributed by atoms with Gasteiger partial charge in [-0.2, -0.15) is 0 Å². The molecule has 0 aliphatic heterocycles. The number of hydrogen-bond acceptors (Lipinski definition) is 0. The monoisotopic (exact) mass is 488 g/mol. The second-order valence-electron chi connectivity index (χ2n) is 7.19. The molecule has 0 saturated carbocycles. The topological polar surface area (TPSA) is 0 Å². The molecule has 136 valence electrons. The molecule has 0 N–H and O–H groups in total. The largest absolute Gasteiger partial charge is 0.0620 e. The molecule has 0 saturated heterocycles. The van der Waals surface area contributed by atoms with Gasteiger partial charge >= 0.3 is 0 Å². The number of benzene rings is 4. The molecule has 0 radical (unpaired) electrons. The Balaban J connectivity index is 1.91. The molecule has 0 nitrogen and oxygen atoms in total. The molecular weight excluding hydrogens is 472 g/mol. The lowest BCUT2D eigenvalue weighted by Crippen LogP contribution is -2.00. The van der Waals surface area contributed by atoms with Crippen LogP contribution in [0.25, 0.3) is 33.4 Å². The van der Waals surface area contributed by atoms with Crippen LogP contribution in [0.2, 0.25) is 0 Å². The Hall–Kier alpha value is -2.16. The molecule has 1 aliphatic rings. The second-order valence-corrected chi connectivity index (χ2v) is 9.03. The molecule has 4 aromatic rings. The van der Waals surface area contributed by atoms with E-state index in [1.807, 2.05) is 0 Å². The highest BCUT2D eigenvalue weighted by atomic mass is 79.9. The first-order valence-electron chi connectivity index (χ1n) is 9.47. The summed E-state index contributed by atoms with van der Waals surface area (Å²) in [5.41, 5.74) is 10.6. The minimum Gasteiger partial charge on any atom is -0.0620 e. The van der Waals surface area contributed by atoms with Crippen LogP contribution in [-0.2, 0) is 12.8 Å². The standard InChI is InChI=1S/C26H18Br2/c27-19-11-13-23-24-14-12-20(28)16-26(24)22-8-4-2-6-18(22)10-9-17-5-1-3-7-21(17)25(23)15-19/h1-8,11-16H,9-10H2. The van der Waals surface area contributed by atoms with Crippen LogP contribution < -0.4 is 0 Å². The first-order chi connectivity index (χ1) is 13.7. The van der Waals surface area contributed by atoms with E-state index in [2.05, 4.69) is 117 Å². The quantitative estimate of drug-likeness (QED) is 0.233. The highest BCUT2D eigenvalue weighted by molar-refractivity contribution is 9.10. The van der Waals surface area contributed by atoms with Crippen molar-refractivity contribution in [2.75, 3.05) is 0 Å². The third-order valence-corrected chi connectivity index (χ3v) is 6.52. The minimum absolute atomic E-state index is 1.03. The highest BCUT2D eigenvalue weighted by Gasteiger charge is 2.19. The third-order valence-electron chi connectivity index (χ3n) is 5.53. The van der Waals surface area contributed by atoms with Gasteiger partial charge in [-0.15, -0.1) is 0 Å². The van der Waals surface area contributed by atoms with Crippen molar-refractivity contribution in [2.45, 2.75) is 12.8 Å². The molecule has 0 spiro atoms. The zero-order chi connectivity index (χ0) is 19.1. The van der Waals surface area contributed by atoms with Gasteiger partial charge in [0.2, 0.25) is 0 Å². The van der Waals surface area contributed by atoms with Gasteiger partial charge < -0.3 is 0 Å². The number of fused-ring (bicyclic) bond motifs is 7. The van der Waals surface area contributed by atoms with Crippen LogP contribution in [0.3, 0.4) is 0 Å². The molecule has 0 amide bonds. The summed E-state index contributed by atoms with van der Waals surface area (Å²) in [4.78, 5) is 0. The summed E-state index contributed by atoms with van der Waals surface area (Å²) < 4.78 is 2.22. The van der Waals surface area contributed by atoms with Gasteiger partial charge in [0.25, 0.3) is 0 Å². The Morgan fingerprint density at radius 2 is 0.857 bits per heavy atom. The summed E-state index contributed by atoms with van der Waals surface area (Å²) >= 11 is 7.38. The van der Waals surface area contributed by atoms with E-state index in [0.717, 1.165) is 21.8 Å². The van der Waals surface area contributed by atoms with Gasteiger partial charge in [0.05, 0.1) is 0 Å². The van der Waals surface area contributed by atoms with Crippen molar-refractivity contribution in [3.8, 4) is 33.4 Å². The fourth-order valence-corrected chi connectivity index (χ4v) is 4.94. The predicted molar refractivity (Wildman–Crippen MR) is 126 cm³/mol. The van der Waals surface area contributed by atoms with Gasteiger partial charge in [-0.1, -0.05) is 92.5 Å². The smallest absolute Gasteiger partial charge is 0.0181 e. The Bertz CT molecular complexity index is 1100. The lowest BCUT2D eigenvalue weighted by Gasteiger charge is -2.21. The van der Waals surface area contributed by atoms with Crippen LogP contribution in [0.15, 0.2) is 93.9 Å². The summed E-state index contributed by atoms with van der Waals surface area (Å²) in [6.45, 7) is 0. The number of hydrogen-bond donors (Lipinski definition) is 0. The zero-order valence-electron chi connectivity index (χ0n) is 15.3. The molecule has 2 heteroatoms. The number of aryl methyl sites for hydroxylation is 2. The summed E-state index contributed by atoms with van der Waals surface area (Å²) in [6.07, 6.45) is 2.06. The summed E-state index contributed by atoms with van der Waals surface area (Å²) in [5.74, 6) is 0. The van der Waals surface area contributed by atoms with Crippen molar-refractivity contribution in [2.24, 2.45) is 0 Å². The maximum atomic E-state index is 3.69. The van der Waals surface area contributed by atoms with Crippen LogP contribution in [0.1, 0.15) is 11.1 Å². The molecule has 4 aromatic carbocycles. The van der Waals surface area contributed by atoms with Gasteiger partial charge in [-0.05, 0) is 81.6 Å². The molecule has 28 heavy (non-hydrogen) atoms. The Labute approximate surface area is 182 Å². The highest BCUT2D eigenvalue weighted by Crippen LogP contribution is 2.43. The van der Waals surface area contributed by atoms with Crippen LogP contribution in [-0.4, -0.2) is 0 Å². The molecule has 1 aliphatic carbocycles. The van der Waals surface area contributed by atoms with Crippen LogP contribution in [0, 0.1) is 0 Å². The fourth-order valence-electron chi connectivity index (χ4n) is 4.22. The molecule has 0 atom stereocenters. The van der Waals surface area contributed by atoms with Crippen LogP contribution >= 0.6 is 31.9 Å². The maximum absolute atomic E-state index is 3.69. The van der Waals surface area contributed by atoms with Gasteiger partial charge in [-0.3, -0.25) is 0 Å². The average Bonchev–Trinajstić information content (AvgIpc) is 2.72. The van der Waals surface area contributed by atoms with Crippen molar-refractivity contribution in [1.82, 2.24) is 0 Å².